The molecule has 1 aliphatic heterocycles. The third-order valence-corrected chi connectivity index (χ3v) is 4.22. The quantitative estimate of drug-likeness (QED) is 0.835. The maximum atomic E-state index is 5.21. The molecule has 0 radical (unpaired) electrons. The SMILES string of the molecule is COc1ccc(N2CCN(Cc3nnnn3C(C)C)CC2)cc1. The minimum Gasteiger partial charge on any atom is -0.497 e. The first kappa shape index (κ1) is 15.7. The van der Waals surface area contributed by atoms with E-state index in [2.05, 4.69) is 51.3 Å². The number of anilines is 1. The van der Waals surface area contributed by atoms with E-state index in [-0.39, 0.29) is 0 Å². The van der Waals surface area contributed by atoms with Gasteiger partial charge in [-0.1, -0.05) is 0 Å². The van der Waals surface area contributed by atoms with Gasteiger partial charge in [-0.25, -0.2) is 4.68 Å². The first-order valence-corrected chi connectivity index (χ1v) is 8.05. The van der Waals surface area contributed by atoms with E-state index in [1.165, 1.54) is 5.69 Å². The molecule has 1 aliphatic rings. The van der Waals surface area contributed by atoms with Gasteiger partial charge in [0.25, 0.3) is 0 Å². The summed E-state index contributed by atoms with van der Waals surface area (Å²) in [5.41, 5.74) is 1.25. The maximum absolute atomic E-state index is 5.21. The number of rotatable bonds is 5. The third-order valence-electron chi connectivity index (χ3n) is 4.22. The lowest BCUT2D eigenvalue weighted by Crippen LogP contribution is -2.46. The third kappa shape index (κ3) is 3.61. The van der Waals surface area contributed by atoms with Gasteiger partial charge >= 0.3 is 0 Å². The van der Waals surface area contributed by atoms with Crippen LogP contribution in [0.4, 0.5) is 5.69 Å². The smallest absolute Gasteiger partial charge is 0.165 e. The number of tetrazole rings is 1. The Morgan fingerprint density at radius 2 is 1.78 bits per heavy atom. The number of methoxy groups -OCH3 is 1. The first-order chi connectivity index (χ1) is 11.2. The molecule has 1 fully saturated rings. The molecule has 0 saturated carbocycles. The van der Waals surface area contributed by atoms with Crippen LogP contribution in [-0.4, -0.2) is 58.4 Å². The number of ether oxygens (including phenoxy) is 1. The normalized spacial score (nSPS) is 16.1. The van der Waals surface area contributed by atoms with Gasteiger partial charge in [-0.2, -0.15) is 0 Å². The molecule has 0 bridgehead atoms. The first-order valence-electron chi connectivity index (χ1n) is 8.05. The summed E-state index contributed by atoms with van der Waals surface area (Å²) in [5, 5.41) is 12.0. The Balaban J connectivity index is 1.56. The second-order valence-electron chi connectivity index (χ2n) is 6.09. The van der Waals surface area contributed by atoms with Gasteiger partial charge in [0.1, 0.15) is 5.75 Å². The van der Waals surface area contributed by atoms with Crippen LogP contribution in [0.5, 0.6) is 5.75 Å². The van der Waals surface area contributed by atoms with Crippen LogP contribution < -0.4 is 9.64 Å². The van der Waals surface area contributed by atoms with Gasteiger partial charge in [0.15, 0.2) is 5.82 Å². The van der Waals surface area contributed by atoms with Crippen molar-refractivity contribution in [3.8, 4) is 5.75 Å². The molecular weight excluding hydrogens is 292 g/mol. The number of hydrogen-bond acceptors (Lipinski definition) is 6. The highest BCUT2D eigenvalue weighted by Crippen LogP contribution is 2.21. The van der Waals surface area contributed by atoms with Crippen molar-refractivity contribution < 1.29 is 4.74 Å². The molecule has 124 valence electrons. The van der Waals surface area contributed by atoms with Crippen molar-refractivity contribution in [1.29, 1.82) is 0 Å². The zero-order valence-electron chi connectivity index (χ0n) is 14.0. The summed E-state index contributed by atoms with van der Waals surface area (Å²) in [6, 6.07) is 8.55. The van der Waals surface area contributed by atoms with E-state index < -0.39 is 0 Å². The molecule has 3 rings (SSSR count). The fourth-order valence-electron chi connectivity index (χ4n) is 2.87. The Bertz CT molecular complexity index is 616. The molecule has 0 amide bonds. The van der Waals surface area contributed by atoms with Crippen molar-refractivity contribution in [2.75, 3.05) is 38.2 Å². The van der Waals surface area contributed by atoms with Crippen molar-refractivity contribution in [3.63, 3.8) is 0 Å². The van der Waals surface area contributed by atoms with Crippen LogP contribution in [0, 0.1) is 0 Å². The predicted molar refractivity (Wildman–Crippen MR) is 88.7 cm³/mol. The molecule has 0 aliphatic carbocycles. The number of nitrogens with zero attached hydrogens (tertiary/aromatic N) is 6. The Kier molecular flexibility index (Phi) is 4.76. The molecule has 7 heteroatoms. The van der Waals surface area contributed by atoms with Crippen molar-refractivity contribution in [2.45, 2.75) is 26.4 Å². The van der Waals surface area contributed by atoms with E-state index in [1.54, 1.807) is 7.11 Å². The predicted octanol–water partition coefficient (Wildman–Crippen LogP) is 1.58. The second-order valence-corrected chi connectivity index (χ2v) is 6.09. The van der Waals surface area contributed by atoms with Crippen LogP contribution >= 0.6 is 0 Å². The fourth-order valence-corrected chi connectivity index (χ4v) is 2.87. The van der Waals surface area contributed by atoms with Crippen molar-refractivity contribution in [2.24, 2.45) is 0 Å². The van der Waals surface area contributed by atoms with E-state index in [0.717, 1.165) is 44.3 Å². The Morgan fingerprint density at radius 1 is 1.09 bits per heavy atom. The summed E-state index contributed by atoms with van der Waals surface area (Å²) >= 11 is 0. The van der Waals surface area contributed by atoms with Crippen LogP contribution in [0.15, 0.2) is 24.3 Å². The van der Waals surface area contributed by atoms with Gasteiger partial charge in [-0.15, -0.1) is 5.10 Å². The van der Waals surface area contributed by atoms with Crippen LogP contribution in [0.3, 0.4) is 0 Å². The van der Waals surface area contributed by atoms with Crippen molar-refractivity contribution in [1.82, 2.24) is 25.1 Å². The highest BCUT2D eigenvalue weighted by Gasteiger charge is 2.20. The molecule has 1 aromatic heterocycles. The van der Waals surface area contributed by atoms with Crippen LogP contribution in [0.25, 0.3) is 0 Å². The van der Waals surface area contributed by atoms with Gasteiger partial charge < -0.3 is 9.64 Å². The Hall–Kier alpha value is -2.15. The highest BCUT2D eigenvalue weighted by molar-refractivity contribution is 5.49. The number of hydrogen-bond donors (Lipinski definition) is 0. The lowest BCUT2D eigenvalue weighted by Gasteiger charge is -2.35. The number of aromatic nitrogens is 4. The van der Waals surface area contributed by atoms with E-state index in [0.29, 0.717) is 6.04 Å². The monoisotopic (exact) mass is 316 g/mol. The second kappa shape index (κ2) is 6.95. The van der Waals surface area contributed by atoms with Gasteiger partial charge in [0.05, 0.1) is 19.7 Å². The molecule has 23 heavy (non-hydrogen) atoms. The average molecular weight is 316 g/mol. The molecule has 0 N–H and O–H groups in total. The van der Waals surface area contributed by atoms with Crippen LogP contribution in [0.2, 0.25) is 0 Å². The standard InChI is InChI=1S/C16H24N6O/c1-13(2)22-16(17-18-19-22)12-20-8-10-21(11-9-20)14-4-6-15(23-3)7-5-14/h4-7,13H,8-12H2,1-3H3. The zero-order valence-corrected chi connectivity index (χ0v) is 14.0. The van der Waals surface area contributed by atoms with Crippen LogP contribution in [-0.2, 0) is 6.54 Å². The lowest BCUT2D eigenvalue weighted by atomic mass is 10.2. The summed E-state index contributed by atoms with van der Waals surface area (Å²) < 4.78 is 7.11. The topological polar surface area (TPSA) is 59.3 Å². The van der Waals surface area contributed by atoms with Crippen molar-refractivity contribution in [3.05, 3.63) is 30.1 Å². The molecule has 0 atom stereocenters. The van der Waals surface area contributed by atoms with Gasteiger partial charge in [0, 0.05) is 31.9 Å². The number of piperazine rings is 1. The van der Waals surface area contributed by atoms with Gasteiger partial charge in [-0.3, -0.25) is 4.90 Å². The molecule has 0 unspecified atom stereocenters. The molecule has 1 aromatic carbocycles. The Morgan fingerprint density at radius 3 is 2.39 bits per heavy atom. The highest BCUT2D eigenvalue weighted by atomic mass is 16.5. The molecular formula is C16H24N6O. The van der Waals surface area contributed by atoms with Gasteiger partial charge in [0.2, 0.25) is 0 Å². The maximum Gasteiger partial charge on any atom is 0.165 e. The van der Waals surface area contributed by atoms with Crippen LogP contribution in [0.1, 0.15) is 25.7 Å². The summed E-state index contributed by atoms with van der Waals surface area (Å²) in [5.74, 6) is 1.84. The van der Waals surface area contributed by atoms with E-state index in [9.17, 15) is 0 Å². The molecule has 2 heterocycles. The average Bonchev–Trinajstić information content (AvgIpc) is 3.04. The minimum atomic E-state index is 0.292. The number of benzene rings is 1. The minimum absolute atomic E-state index is 0.292. The van der Waals surface area contributed by atoms with Crippen molar-refractivity contribution >= 4 is 5.69 Å². The molecule has 1 saturated heterocycles. The zero-order chi connectivity index (χ0) is 16.2. The molecule has 0 spiro atoms. The Labute approximate surface area is 136 Å². The summed E-state index contributed by atoms with van der Waals surface area (Å²) in [7, 11) is 1.69. The van der Waals surface area contributed by atoms with Gasteiger partial charge in [-0.05, 0) is 48.5 Å². The fraction of sp³-hybridized carbons (Fsp3) is 0.562. The van der Waals surface area contributed by atoms with E-state index in [1.807, 2.05) is 16.8 Å². The molecule has 2 aromatic rings. The lowest BCUT2D eigenvalue weighted by molar-refractivity contribution is 0.237. The largest absolute Gasteiger partial charge is 0.497 e. The molecule has 7 nitrogen and oxygen atoms in total. The van der Waals surface area contributed by atoms with E-state index in [4.69, 9.17) is 4.74 Å². The van der Waals surface area contributed by atoms with E-state index >= 15 is 0 Å². The summed E-state index contributed by atoms with van der Waals surface area (Å²) in [6.07, 6.45) is 0. The summed E-state index contributed by atoms with van der Waals surface area (Å²) in [4.78, 5) is 4.81. The summed E-state index contributed by atoms with van der Waals surface area (Å²) in [6.45, 7) is 9.05.